The summed E-state index contributed by atoms with van der Waals surface area (Å²) in [5.74, 6) is 0. The smallest absolute Gasteiger partial charge is 0.272 e. The molecule has 0 radical (unpaired) electrons. The van der Waals surface area contributed by atoms with Gasteiger partial charge in [0.25, 0.3) is 5.56 Å². The Morgan fingerprint density at radius 3 is 2.56 bits per heavy atom. The Hall–Kier alpha value is -1.90. The molecule has 3 heteroatoms. The van der Waals surface area contributed by atoms with Crippen molar-refractivity contribution in [3.63, 3.8) is 0 Å². The maximum absolute atomic E-state index is 10.9. The van der Waals surface area contributed by atoms with Crippen molar-refractivity contribution in [3.8, 4) is 0 Å². The molecule has 2 rings (SSSR count). The molecule has 1 aromatic carbocycles. The number of nitrogens with zero attached hydrogens (tertiary/aromatic N) is 2. The van der Waals surface area contributed by atoms with E-state index in [0.29, 0.717) is 0 Å². The third-order valence-electron chi connectivity index (χ3n) is 2.64. The molecule has 0 aliphatic carbocycles. The highest BCUT2D eigenvalue weighted by Gasteiger charge is 2.09. The van der Waals surface area contributed by atoms with Gasteiger partial charge < -0.3 is 4.57 Å². The van der Waals surface area contributed by atoms with E-state index in [1.807, 2.05) is 22.8 Å². The predicted molar refractivity (Wildman–Crippen MR) is 63.4 cm³/mol. The molecule has 0 saturated carbocycles. The molecule has 0 aliphatic heterocycles. The van der Waals surface area contributed by atoms with Crippen molar-refractivity contribution >= 4 is 0 Å². The Bertz CT molecular complexity index is 484. The molecular formula is C13H14N2O. The second-order valence-corrected chi connectivity index (χ2v) is 3.68. The molecule has 0 saturated heterocycles. The van der Waals surface area contributed by atoms with Crippen LogP contribution in [0.2, 0.25) is 0 Å². The molecule has 1 heterocycles. The van der Waals surface area contributed by atoms with E-state index in [-0.39, 0.29) is 11.6 Å². The summed E-state index contributed by atoms with van der Waals surface area (Å²) in [6.45, 7) is 2.12. The van der Waals surface area contributed by atoms with Gasteiger partial charge in [-0.25, -0.2) is 0 Å². The van der Waals surface area contributed by atoms with Crippen LogP contribution in [0.4, 0.5) is 0 Å². The maximum atomic E-state index is 10.9. The Labute approximate surface area is 94.4 Å². The normalized spacial score (nSPS) is 12.3. The molecule has 16 heavy (non-hydrogen) atoms. The van der Waals surface area contributed by atoms with Gasteiger partial charge >= 0.3 is 0 Å². The van der Waals surface area contributed by atoms with E-state index in [9.17, 15) is 4.79 Å². The van der Waals surface area contributed by atoms with E-state index in [0.717, 1.165) is 6.42 Å². The van der Waals surface area contributed by atoms with Gasteiger partial charge in [-0.15, -0.1) is 0 Å². The van der Waals surface area contributed by atoms with E-state index in [1.165, 1.54) is 11.6 Å². The fourth-order valence-electron chi connectivity index (χ4n) is 1.83. The van der Waals surface area contributed by atoms with Crippen LogP contribution in [0.25, 0.3) is 0 Å². The zero-order chi connectivity index (χ0) is 11.4. The summed E-state index contributed by atoms with van der Waals surface area (Å²) in [4.78, 5) is 14.7. The number of aromatic nitrogens is 2. The van der Waals surface area contributed by atoms with Crippen molar-refractivity contribution in [2.24, 2.45) is 0 Å². The molecule has 0 amide bonds. The minimum atomic E-state index is -0.195. The third kappa shape index (κ3) is 2.19. The number of hydrogen-bond acceptors (Lipinski definition) is 2. The predicted octanol–water partition coefficient (Wildman–Crippen LogP) is 2.24. The molecule has 0 N–H and O–H groups in total. The molecule has 3 nitrogen and oxygen atoms in total. The fraction of sp³-hybridized carbons (Fsp3) is 0.231. The zero-order valence-corrected chi connectivity index (χ0v) is 9.21. The molecule has 2 aromatic rings. The fourth-order valence-corrected chi connectivity index (χ4v) is 1.83. The largest absolute Gasteiger partial charge is 0.331 e. The minimum Gasteiger partial charge on any atom is -0.331 e. The van der Waals surface area contributed by atoms with Crippen LogP contribution in [0, 0.1) is 0 Å². The van der Waals surface area contributed by atoms with Gasteiger partial charge in [-0.3, -0.25) is 4.79 Å². The van der Waals surface area contributed by atoms with Crippen molar-refractivity contribution in [1.82, 2.24) is 9.55 Å². The van der Waals surface area contributed by atoms with Crippen LogP contribution in [-0.4, -0.2) is 9.55 Å². The summed E-state index contributed by atoms with van der Waals surface area (Å²) in [6, 6.07) is 12.0. The van der Waals surface area contributed by atoms with Crippen molar-refractivity contribution in [3.05, 3.63) is 64.8 Å². The Morgan fingerprint density at radius 1 is 1.25 bits per heavy atom. The summed E-state index contributed by atoms with van der Waals surface area (Å²) in [7, 11) is 0. The van der Waals surface area contributed by atoms with Crippen molar-refractivity contribution in [1.29, 1.82) is 0 Å². The molecule has 82 valence electrons. The first-order valence-electron chi connectivity index (χ1n) is 5.40. The van der Waals surface area contributed by atoms with E-state index in [1.54, 1.807) is 12.5 Å². The van der Waals surface area contributed by atoms with Crippen LogP contribution in [0.3, 0.4) is 0 Å². The van der Waals surface area contributed by atoms with E-state index < -0.39 is 0 Å². The second-order valence-electron chi connectivity index (χ2n) is 3.68. The van der Waals surface area contributed by atoms with Crippen LogP contribution in [0.1, 0.15) is 24.9 Å². The topological polar surface area (TPSA) is 34.9 Å². The molecular weight excluding hydrogens is 200 g/mol. The first-order chi connectivity index (χ1) is 7.81. The van der Waals surface area contributed by atoms with E-state index >= 15 is 0 Å². The van der Waals surface area contributed by atoms with Crippen LogP contribution < -0.4 is 5.56 Å². The minimum absolute atomic E-state index is 0.195. The maximum Gasteiger partial charge on any atom is 0.272 e. The second kappa shape index (κ2) is 4.75. The highest BCUT2D eigenvalue weighted by molar-refractivity contribution is 5.19. The third-order valence-corrected chi connectivity index (χ3v) is 2.64. The molecule has 0 unspecified atom stereocenters. The first kappa shape index (κ1) is 10.6. The van der Waals surface area contributed by atoms with E-state index in [2.05, 4.69) is 24.0 Å². The van der Waals surface area contributed by atoms with Gasteiger partial charge in [0.1, 0.15) is 0 Å². The molecule has 0 aliphatic rings. The average Bonchev–Trinajstić information content (AvgIpc) is 2.34. The standard InChI is InChI=1S/C13H14N2O/c1-2-12(11-6-4-3-5-7-11)15-9-8-13(16)14-10-15/h3-10,12H,2H2,1H3/t12-/m0/s1. The van der Waals surface area contributed by atoms with Crippen molar-refractivity contribution in [2.75, 3.05) is 0 Å². The lowest BCUT2D eigenvalue weighted by Gasteiger charge is -2.18. The van der Waals surface area contributed by atoms with E-state index in [4.69, 9.17) is 0 Å². The molecule has 0 spiro atoms. The first-order valence-corrected chi connectivity index (χ1v) is 5.40. The molecule has 0 fully saturated rings. The molecule has 1 aromatic heterocycles. The quantitative estimate of drug-likeness (QED) is 0.785. The number of benzene rings is 1. The van der Waals surface area contributed by atoms with Crippen LogP contribution in [0.5, 0.6) is 0 Å². The van der Waals surface area contributed by atoms with Crippen LogP contribution in [-0.2, 0) is 0 Å². The summed E-state index contributed by atoms with van der Waals surface area (Å²) >= 11 is 0. The lowest BCUT2D eigenvalue weighted by Crippen LogP contribution is -2.14. The van der Waals surface area contributed by atoms with Gasteiger partial charge in [-0.05, 0) is 12.0 Å². The Balaban J connectivity index is 2.37. The zero-order valence-electron chi connectivity index (χ0n) is 9.21. The van der Waals surface area contributed by atoms with Gasteiger partial charge in [-0.2, -0.15) is 4.98 Å². The van der Waals surface area contributed by atoms with Gasteiger partial charge in [0, 0.05) is 12.3 Å². The van der Waals surface area contributed by atoms with Gasteiger partial charge in [0.05, 0.1) is 12.4 Å². The van der Waals surface area contributed by atoms with Gasteiger partial charge in [-0.1, -0.05) is 37.3 Å². The lowest BCUT2D eigenvalue weighted by molar-refractivity contribution is 0.553. The lowest BCUT2D eigenvalue weighted by atomic mass is 10.0. The average molecular weight is 214 g/mol. The Kier molecular flexibility index (Phi) is 3.15. The number of rotatable bonds is 3. The molecule has 1 atom stereocenters. The van der Waals surface area contributed by atoms with Crippen LogP contribution >= 0.6 is 0 Å². The summed E-state index contributed by atoms with van der Waals surface area (Å²) in [5, 5.41) is 0. The van der Waals surface area contributed by atoms with Gasteiger partial charge in [0.15, 0.2) is 0 Å². The highest BCUT2D eigenvalue weighted by Crippen LogP contribution is 2.20. The summed E-state index contributed by atoms with van der Waals surface area (Å²) in [6.07, 6.45) is 4.36. The molecule has 0 bridgehead atoms. The summed E-state index contributed by atoms with van der Waals surface area (Å²) in [5.41, 5.74) is 1.04. The number of hydrogen-bond donors (Lipinski definition) is 0. The Morgan fingerprint density at radius 2 is 2.00 bits per heavy atom. The van der Waals surface area contributed by atoms with Gasteiger partial charge in [0.2, 0.25) is 0 Å². The highest BCUT2D eigenvalue weighted by atomic mass is 16.1. The van der Waals surface area contributed by atoms with Crippen molar-refractivity contribution in [2.45, 2.75) is 19.4 Å². The van der Waals surface area contributed by atoms with Crippen LogP contribution in [0.15, 0.2) is 53.7 Å². The monoisotopic (exact) mass is 214 g/mol. The summed E-state index contributed by atoms with van der Waals surface area (Å²) < 4.78 is 1.97. The van der Waals surface area contributed by atoms with Crippen molar-refractivity contribution < 1.29 is 0 Å². The SMILES string of the molecule is CC[C@@H](c1ccccc1)n1ccc(=O)nc1.